The van der Waals surface area contributed by atoms with E-state index in [2.05, 4.69) is 15.0 Å². The first-order chi connectivity index (χ1) is 13.2. The van der Waals surface area contributed by atoms with E-state index >= 15 is 0 Å². The van der Waals surface area contributed by atoms with Crippen LogP contribution in [-0.2, 0) is 12.7 Å². The maximum Gasteiger partial charge on any atom is 0.416 e. The maximum atomic E-state index is 13.3. The van der Waals surface area contributed by atoms with E-state index in [1.165, 1.54) is 18.3 Å². The van der Waals surface area contributed by atoms with Gasteiger partial charge < -0.3 is 10.7 Å². The van der Waals surface area contributed by atoms with Crippen LogP contribution in [-0.4, -0.2) is 15.0 Å². The fourth-order valence-corrected chi connectivity index (χ4v) is 2.60. The van der Waals surface area contributed by atoms with E-state index in [1.807, 2.05) is 0 Å². The molecule has 2 heterocycles. The predicted molar refractivity (Wildman–Crippen MR) is 98.6 cm³/mol. The summed E-state index contributed by atoms with van der Waals surface area (Å²) in [6.07, 6.45) is -6.21. The smallest absolute Gasteiger partial charge is 0.326 e. The summed E-state index contributed by atoms with van der Waals surface area (Å²) in [6, 6.07) is 6.66. The van der Waals surface area contributed by atoms with Crippen molar-refractivity contribution in [3.63, 3.8) is 0 Å². The van der Waals surface area contributed by atoms with E-state index in [1.54, 1.807) is 0 Å². The lowest BCUT2D eigenvalue weighted by Gasteiger charge is -2.11. The summed E-state index contributed by atoms with van der Waals surface area (Å²) in [5.74, 6) is 0. The van der Waals surface area contributed by atoms with Gasteiger partial charge in [-0.25, -0.2) is 13.6 Å². The SMILES string of the molecule is Cl.NCc1cnc(C(F)F)c(-c2cc(-c3ccc(C(F)(F)F)cc3)nc(=O)[nH]2)c1. The van der Waals surface area contributed by atoms with Crippen molar-refractivity contribution in [2.45, 2.75) is 19.1 Å². The molecule has 0 atom stereocenters. The van der Waals surface area contributed by atoms with Crippen LogP contribution in [0.4, 0.5) is 22.0 Å². The summed E-state index contributed by atoms with van der Waals surface area (Å²) in [4.78, 5) is 21.7. The Labute approximate surface area is 167 Å². The minimum absolute atomic E-state index is 0. The maximum absolute atomic E-state index is 13.3. The molecule has 0 aliphatic heterocycles. The van der Waals surface area contributed by atoms with Gasteiger partial charge in [0.25, 0.3) is 6.43 Å². The van der Waals surface area contributed by atoms with Gasteiger partial charge in [0, 0.05) is 23.9 Å². The minimum Gasteiger partial charge on any atom is -0.326 e. The number of alkyl halides is 5. The van der Waals surface area contributed by atoms with Crippen LogP contribution in [0.3, 0.4) is 0 Å². The van der Waals surface area contributed by atoms with E-state index in [0.29, 0.717) is 5.56 Å². The molecule has 0 unspecified atom stereocenters. The topological polar surface area (TPSA) is 84.7 Å². The molecule has 5 nitrogen and oxygen atoms in total. The molecule has 0 aliphatic carbocycles. The van der Waals surface area contributed by atoms with Crippen LogP contribution >= 0.6 is 12.4 Å². The van der Waals surface area contributed by atoms with Crippen LogP contribution in [0.25, 0.3) is 22.5 Å². The number of aromatic nitrogens is 3. The van der Waals surface area contributed by atoms with Crippen LogP contribution in [0.1, 0.15) is 23.2 Å². The molecule has 1 aromatic carbocycles. The number of rotatable bonds is 4. The molecule has 3 rings (SSSR count). The second-order valence-electron chi connectivity index (χ2n) is 5.84. The second kappa shape index (κ2) is 8.66. The lowest BCUT2D eigenvalue weighted by Crippen LogP contribution is -2.13. The molecule has 0 amide bonds. The monoisotopic (exact) mass is 432 g/mol. The van der Waals surface area contributed by atoms with Crippen molar-refractivity contribution in [3.8, 4) is 22.5 Å². The number of nitrogens with two attached hydrogens (primary N) is 1. The number of aromatic amines is 1. The number of halogens is 6. The third-order valence-corrected chi connectivity index (χ3v) is 3.96. The normalized spacial score (nSPS) is 11.4. The van der Waals surface area contributed by atoms with Crippen molar-refractivity contribution < 1.29 is 22.0 Å². The van der Waals surface area contributed by atoms with Gasteiger partial charge in [0.1, 0.15) is 5.69 Å². The van der Waals surface area contributed by atoms with E-state index < -0.39 is 29.5 Å². The molecule has 0 bridgehead atoms. The Hall–Kier alpha value is -2.85. The van der Waals surface area contributed by atoms with Crippen molar-refractivity contribution in [1.82, 2.24) is 15.0 Å². The number of hydrogen-bond acceptors (Lipinski definition) is 4. The van der Waals surface area contributed by atoms with Gasteiger partial charge in [-0.15, -0.1) is 12.4 Å². The molecular weight excluding hydrogens is 419 g/mol. The Morgan fingerprint density at radius 1 is 1.10 bits per heavy atom. The first-order valence-corrected chi connectivity index (χ1v) is 7.95. The molecule has 154 valence electrons. The first-order valence-electron chi connectivity index (χ1n) is 7.95. The zero-order valence-corrected chi connectivity index (χ0v) is 15.3. The molecule has 2 aromatic heterocycles. The fraction of sp³-hybridized carbons (Fsp3) is 0.167. The van der Waals surface area contributed by atoms with E-state index in [-0.39, 0.29) is 41.5 Å². The Bertz CT molecular complexity index is 1050. The van der Waals surface area contributed by atoms with Gasteiger partial charge in [0.2, 0.25) is 0 Å². The predicted octanol–water partition coefficient (Wildman–Crippen LogP) is 4.34. The number of nitrogens with zero attached hydrogens (tertiary/aromatic N) is 2. The molecule has 0 saturated carbocycles. The van der Waals surface area contributed by atoms with Crippen molar-refractivity contribution in [3.05, 3.63) is 69.9 Å². The standard InChI is InChI=1S/C18H13F5N4O.ClH/c19-16(20)15-12(5-9(7-24)8-25-15)14-6-13(26-17(28)27-14)10-1-3-11(4-2-10)18(21,22)23;/h1-6,8,16H,7,24H2,(H,26,27,28);1H. The van der Waals surface area contributed by atoms with Crippen LogP contribution in [0.5, 0.6) is 0 Å². The lowest BCUT2D eigenvalue weighted by molar-refractivity contribution is -0.137. The van der Waals surface area contributed by atoms with Gasteiger partial charge in [-0.2, -0.15) is 18.2 Å². The minimum atomic E-state index is -4.51. The van der Waals surface area contributed by atoms with Gasteiger partial charge in [-0.05, 0) is 29.8 Å². The Morgan fingerprint density at radius 2 is 1.76 bits per heavy atom. The van der Waals surface area contributed by atoms with Gasteiger partial charge in [-0.3, -0.25) is 4.98 Å². The van der Waals surface area contributed by atoms with Crippen LogP contribution in [0, 0.1) is 0 Å². The molecule has 3 aromatic rings. The van der Waals surface area contributed by atoms with Crippen molar-refractivity contribution >= 4 is 12.4 Å². The lowest BCUT2D eigenvalue weighted by atomic mass is 10.0. The zero-order chi connectivity index (χ0) is 20.5. The highest BCUT2D eigenvalue weighted by atomic mass is 35.5. The molecule has 0 spiro atoms. The van der Waals surface area contributed by atoms with Crippen molar-refractivity contribution in [1.29, 1.82) is 0 Å². The van der Waals surface area contributed by atoms with Gasteiger partial charge in [-0.1, -0.05) is 12.1 Å². The molecule has 0 saturated heterocycles. The number of H-pyrrole nitrogens is 1. The highest BCUT2D eigenvalue weighted by Gasteiger charge is 2.30. The second-order valence-corrected chi connectivity index (χ2v) is 5.84. The van der Waals surface area contributed by atoms with Crippen LogP contribution < -0.4 is 11.4 Å². The van der Waals surface area contributed by atoms with Crippen LogP contribution in [0.15, 0.2) is 47.4 Å². The van der Waals surface area contributed by atoms with Crippen LogP contribution in [0.2, 0.25) is 0 Å². The molecule has 0 fully saturated rings. The molecule has 0 aliphatic rings. The highest BCUT2D eigenvalue weighted by molar-refractivity contribution is 5.85. The Morgan fingerprint density at radius 3 is 2.31 bits per heavy atom. The molecule has 29 heavy (non-hydrogen) atoms. The summed E-state index contributed by atoms with van der Waals surface area (Å²) >= 11 is 0. The molecule has 0 radical (unpaired) electrons. The van der Waals surface area contributed by atoms with E-state index in [9.17, 15) is 26.7 Å². The van der Waals surface area contributed by atoms with Gasteiger partial charge >= 0.3 is 11.9 Å². The molecule has 11 heteroatoms. The number of pyridine rings is 1. The van der Waals surface area contributed by atoms with Crippen molar-refractivity contribution in [2.24, 2.45) is 5.73 Å². The highest BCUT2D eigenvalue weighted by Crippen LogP contribution is 2.32. The third kappa shape index (κ3) is 4.96. The third-order valence-electron chi connectivity index (χ3n) is 3.96. The van der Waals surface area contributed by atoms with E-state index in [4.69, 9.17) is 5.73 Å². The average Bonchev–Trinajstić information content (AvgIpc) is 2.66. The summed E-state index contributed by atoms with van der Waals surface area (Å²) < 4.78 is 64.8. The average molecular weight is 433 g/mol. The summed E-state index contributed by atoms with van der Waals surface area (Å²) in [5.41, 5.74) is 3.95. The first kappa shape index (κ1) is 22.4. The number of hydrogen-bond donors (Lipinski definition) is 2. The van der Waals surface area contributed by atoms with Gasteiger partial charge in [0.05, 0.1) is 17.0 Å². The number of benzene rings is 1. The van der Waals surface area contributed by atoms with Crippen molar-refractivity contribution in [2.75, 3.05) is 0 Å². The van der Waals surface area contributed by atoms with E-state index in [0.717, 1.165) is 24.3 Å². The fourth-order valence-electron chi connectivity index (χ4n) is 2.60. The number of nitrogens with one attached hydrogen (secondary N) is 1. The zero-order valence-electron chi connectivity index (χ0n) is 14.5. The summed E-state index contributed by atoms with van der Waals surface area (Å²) in [7, 11) is 0. The summed E-state index contributed by atoms with van der Waals surface area (Å²) in [5, 5.41) is 0. The molecule has 3 N–H and O–H groups in total. The quantitative estimate of drug-likeness (QED) is 0.601. The Kier molecular flexibility index (Phi) is 6.70. The molecular formula is C18H14ClF5N4O. The van der Waals surface area contributed by atoms with Gasteiger partial charge in [0.15, 0.2) is 0 Å². The largest absolute Gasteiger partial charge is 0.416 e. The summed E-state index contributed by atoms with van der Waals surface area (Å²) in [6.45, 7) is 0.0462. The Balaban J connectivity index is 0.00000300.